The molecular weight excluding hydrogens is 937 g/mol. The molecular formula is C72H64N4O. The highest BCUT2D eigenvalue weighted by Crippen LogP contribution is 2.53. The van der Waals surface area contributed by atoms with Gasteiger partial charge in [-0.05, 0) is 128 Å². The van der Waals surface area contributed by atoms with E-state index < -0.39 is 0 Å². The van der Waals surface area contributed by atoms with Crippen molar-refractivity contribution in [3.8, 4) is 61.8 Å². The normalized spacial score (nSPS) is 15.4. The lowest BCUT2D eigenvalue weighted by Crippen LogP contribution is -2.33. The summed E-state index contributed by atoms with van der Waals surface area (Å²) in [6.45, 7) is 16.6. The molecule has 378 valence electrons. The first kappa shape index (κ1) is 43.6. The second-order valence-electron chi connectivity index (χ2n) is 23.2. The molecule has 2 aliphatic rings. The quantitative estimate of drug-likeness (QED) is 0.144. The van der Waals surface area contributed by atoms with Crippen LogP contribution >= 0.6 is 0 Å². The van der Waals surface area contributed by atoms with Crippen LogP contribution in [0.15, 0.2) is 224 Å². The molecule has 0 saturated heterocycles. The summed E-state index contributed by atoms with van der Waals surface area (Å²) in [5, 5.41) is 2.24. The Balaban J connectivity index is 0.923. The second-order valence-corrected chi connectivity index (χ2v) is 23.2. The van der Waals surface area contributed by atoms with Gasteiger partial charge in [0, 0.05) is 51.5 Å². The highest BCUT2D eigenvalue weighted by Gasteiger charge is 2.38. The molecule has 77 heavy (non-hydrogen) atoms. The van der Waals surface area contributed by atoms with Crippen LogP contribution in [-0.4, -0.2) is 16.2 Å². The third-order valence-electron chi connectivity index (χ3n) is 16.2. The molecule has 3 heterocycles. The maximum Gasteiger partial charge on any atom is 0.137 e. The summed E-state index contributed by atoms with van der Waals surface area (Å²) in [7, 11) is 0. The Morgan fingerprint density at radius 2 is 1.14 bits per heavy atom. The summed E-state index contributed by atoms with van der Waals surface area (Å²) < 4.78 is 47.1. The SMILES string of the molecule is [2H]c1c([2H])c(-c2ccccc2)c([2H])c(-c2cccc(-c3ccc4c(c3)C(C)(C)CCC4(C)C)c2N2CN(c3cccc(Oc4ccc5c6ccccc6n(-c6cc(C(C)(C)C)c(-c7ccccc7)cn6)c5c4)c3)c3ccccc32)c1[2H]. The van der Waals surface area contributed by atoms with Crippen molar-refractivity contribution in [1.29, 1.82) is 0 Å². The summed E-state index contributed by atoms with van der Waals surface area (Å²) in [6, 6.07) is 66.3. The summed E-state index contributed by atoms with van der Waals surface area (Å²) in [5.41, 5.74) is 15.7. The number of nitrogens with zero attached hydrogens (tertiary/aromatic N) is 4. The van der Waals surface area contributed by atoms with E-state index >= 15 is 0 Å². The topological polar surface area (TPSA) is 33.5 Å². The van der Waals surface area contributed by atoms with Crippen molar-refractivity contribution in [3.05, 3.63) is 241 Å². The van der Waals surface area contributed by atoms with Gasteiger partial charge in [-0.2, -0.15) is 0 Å². The second kappa shape index (κ2) is 18.6. The van der Waals surface area contributed by atoms with Crippen LogP contribution in [0, 0.1) is 0 Å². The first-order valence-electron chi connectivity index (χ1n) is 28.9. The standard InChI is InChI=1S/C72H64N4O/c1-70(2,3)62-45-68(73-46-60(62)49-23-12-9-13-24-49)76-64-32-15-14-29-58(64)59-37-36-55(44-67(59)76)77-54-28-19-27-53(43-54)74-47-75(66-34-17-16-33-65(66)74)69-56(51-26-18-25-50(41-51)48-21-10-8-11-22-48)30-20-31-57(69)52-35-38-61-63(42-52)72(6,7)40-39-71(61,4)5/h8-38,41-46H,39-40,47H2,1-7H3/i18D,25D,26D,41D. The first-order chi connectivity index (χ1) is 39.0. The minimum atomic E-state index is -0.210. The van der Waals surface area contributed by atoms with Gasteiger partial charge in [0.15, 0.2) is 0 Å². The Hall–Kier alpha value is -8.67. The Labute approximate surface area is 459 Å². The van der Waals surface area contributed by atoms with Crippen molar-refractivity contribution in [2.24, 2.45) is 0 Å². The van der Waals surface area contributed by atoms with E-state index in [2.05, 4.69) is 190 Å². The number of aromatic nitrogens is 2. The van der Waals surface area contributed by atoms with E-state index in [1.807, 2.05) is 72.9 Å². The highest BCUT2D eigenvalue weighted by molar-refractivity contribution is 6.09. The smallest absolute Gasteiger partial charge is 0.137 e. The number of para-hydroxylation sites is 4. The van der Waals surface area contributed by atoms with E-state index in [-0.39, 0.29) is 40.4 Å². The Morgan fingerprint density at radius 1 is 0.506 bits per heavy atom. The zero-order chi connectivity index (χ0) is 56.1. The molecule has 0 saturated carbocycles. The fourth-order valence-electron chi connectivity index (χ4n) is 12.0. The van der Waals surface area contributed by atoms with Crippen LogP contribution in [0.3, 0.4) is 0 Å². The van der Waals surface area contributed by atoms with Crippen LogP contribution in [0.5, 0.6) is 11.5 Å². The molecule has 5 heteroatoms. The van der Waals surface area contributed by atoms with Crippen LogP contribution in [0.1, 0.15) is 83.5 Å². The molecule has 0 unspecified atom stereocenters. The van der Waals surface area contributed by atoms with E-state index in [0.29, 0.717) is 40.4 Å². The number of hydrogen-bond acceptors (Lipinski definition) is 4. The van der Waals surface area contributed by atoms with Crippen molar-refractivity contribution in [2.75, 3.05) is 16.5 Å². The van der Waals surface area contributed by atoms with Crippen molar-refractivity contribution in [3.63, 3.8) is 0 Å². The van der Waals surface area contributed by atoms with Crippen molar-refractivity contribution >= 4 is 44.6 Å². The largest absolute Gasteiger partial charge is 0.457 e. The number of rotatable bonds is 9. The molecule has 1 aliphatic heterocycles. The van der Waals surface area contributed by atoms with Crippen molar-refractivity contribution < 1.29 is 10.2 Å². The first-order valence-corrected chi connectivity index (χ1v) is 26.9. The van der Waals surface area contributed by atoms with Gasteiger partial charge in [-0.25, -0.2) is 4.98 Å². The van der Waals surface area contributed by atoms with E-state index in [1.165, 1.54) is 16.7 Å². The van der Waals surface area contributed by atoms with Gasteiger partial charge < -0.3 is 14.5 Å². The van der Waals surface area contributed by atoms with Gasteiger partial charge >= 0.3 is 0 Å². The molecule has 0 fully saturated rings. The van der Waals surface area contributed by atoms with Crippen molar-refractivity contribution in [1.82, 2.24) is 9.55 Å². The molecule has 1 aliphatic carbocycles. The fraction of sp³-hybridized carbons (Fsp3) is 0.181. The van der Waals surface area contributed by atoms with E-state index in [9.17, 15) is 4.11 Å². The van der Waals surface area contributed by atoms with Crippen LogP contribution < -0.4 is 14.5 Å². The van der Waals surface area contributed by atoms with Gasteiger partial charge in [0.1, 0.15) is 24.0 Å². The van der Waals surface area contributed by atoms with Crippen molar-refractivity contribution in [2.45, 2.75) is 77.6 Å². The number of anilines is 4. The molecule has 5 nitrogen and oxygen atoms in total. The zero-order valence-electron chi connectivity index (χ0n) is 48.9. The van der Waals surface area contributed by atoms with Crippen LogP contribution in [0.25, 0.3) is 72.1 Å². The Morgan fingerprint density at radius 3 is 1.91 bits per heavy atom. The average Bonchev–Trinajstić information content (AvgIpc) is 4.00. The van der Waals surface area contributed by atoms with E-state index in [1.54, 1.807) is 0 Å². The lowest BCUT2D eigenvalue weighted by Gasteiger charge is -2.42. The van der Waals surface area contributed by atoms with Gasteiger partial charge in [0.2, 0.25) is 0 Å². The van der Waals surface area contributed by atoms with Gasteiger partial charge in [-0.3, -0.25) is 4.57 Å². The minimum absolute atomic E-state index is 0.0217. The fourth-order valence-corrected chi connectivity index (χ4v) is 12.0. The molecule has 0 atom stereocenters. The van der Waals surface area contributed by atoms with Crippen LogP contribution in [0.2, 0.25) is 0 Å². The predicted octanol–water partition coefficient (Wildman–Crippen LogP) is 19.5. The number of pyridine rings is 1. The van der Waals surface area contributed by atoms with E-state index in [0.717, 1.165) is 85.5 Å². The molecule has 0 radical (unpaired) electrons. The number of fused-ring (bicyclic) bond motifs is 5. The highest BCUT2D eigenvalue weighted by atomic mass is 16.5. The van der Waals surface area contributed by atoms with Crippen LogP contribution in [-0.2, 0) is 16.2 Å². The Bertz CT molecular complexity index is 4290. The van der Waals surface area contributed by atoms with E-state index in [4.69, 9.17) is 11.1 Å². The number of ether oxygens (including phenoxy) is 1. The van der Waals surface area contributed by atoms with Gasteiger partial charge in [-0.15, -0.1) is 0 Å². The minimum Gasteiger partial charge on any atom is -0.457 e. The number of hydrogen-bond donors (Lipinski definition) is 0. The molecule has 0 bridgehead atoms. The molecule has 2 aromatic heterocycles. The summed E-state index contributed by atoms with van der Waals surface area (Å²) in [5.74, 6) is 2.21. The summed E-state index contributed by atoms with van der Waals surface area (Å²) in [4.78, 5) is 9.77. The molecule has 0 amide bonds. The summed E-state index contributed by atoms with van der Waals surface area (Å²) in [6.07, 6.45) is 4.19. The maximum atomic E-state index is 9.92. The predicted molar refractivity (Wildman–Crippen MR) is 323 cm³/mol. The molecule has 13 rings (SSSR count). The molecule has 0 spiro atoms. The van der Waals surface area contributed by atoms with Crippen LogP contribution in [0.4, 0.5) is 22.7 Å². The van der Waals surface area contributed by atoms with Gasteiger partial charge in [0.25, 0.3) is 0 Å². The Kier molecular flexibility index (Phi) is 10.5. The zero-order valence-corrected chi connectivity index (χ0v) is 44.9. The lowest BCUT2D eigenvalue weighted by molar-refractivity contribution is 0.332. The average molecular weight is 1010 g/mol. The van der Waals surface area contributed by atoms with Gasteiger partial charge in [-0.1, -0.05) is 200 Å². The summed E-state index contributed by atoms with van der Waals surface area (Å²) >= 11 is 0. The van der Waals surface area contributed by atoms with Gasteiger partial charge in [0.05, 0.1) is 33.6 Å². The third-order valence-corrected chi connectivity index (χ3v) is 16.2. The molecule has 11 aromatic rings. The molecule has 9 aromatic carbocycles. The lowest BCUT2D eigenvalue weighted by atomic mass is 9.63. The third kappa shape index (κ3) is 8.55. The monoisotopic (exact) mass is 1000 g/mol. The number of benzene rings is 9. The molecule has 0 N–H and O–H groups in total. The maximum absolute atomic E-state index is 9.92.